The molecule has 1 aromatic carbocycles. The molecule has 0 aliphatic carbocycles. The number of carbonyl (C=O) groups is 1. The van der Waals surface area contributed by atoms with Gasteiger partial charge in [0.05, 0.1) is 12.7 Å². The summed E-state index contributed by atoms with van der Waals surface area (Å²) in [5.41, 5.74) is -1.31. The maximum atomic E-state index is 12.8. The quantitative estimate of drug-likeness (QED) is 0.732. The van der Waals surface area contributed by atoms with Crippen LogP contribution in [0.25, 0.3) is 0 Å². The SMILES string of the molecule is COc1ccc(C(C)=O)c(C(F)(F)F)c1C. The number of methoxy groups -OCH3 is 1. The summed E-state index contributed by atoms with van der Waals surface area (Å²) in [5, 5.41) is 0. The second kappa shape index (κ2) is 4.15. The summed E-state index contributed by atoms with van der Waals surface area (Å²) < 4.78 is 43.1. The minimum Gasteiger partial charge on any atom is -0.496 e. The number of hydrogen-bond acceptors (Lipinski definition) is 2. The molecule has 0 saturated heterocycles. The first-order valence-corrected chi connectivity index (χ1v) is 4.54. The van der Waals surface area contributed by atoms with Gasteiger partial charge in [-0.1, -0.05) is 0 Å². The van der Waals surface area contributed by atoms with Crippen molar-refractivity contribution in [1.82, 2.24) is 0 Å². The van der Waals surface area contributed by atoms with E-state index >= 15 is 0 Å². The van der Waals surface area contributed by atoms with E-state index in [1.807, 2.05) is 0 Å². The predicted molar refractivity (Wildman–Crippen MR) is 52.7 cm³/mol. The Morgan fingerprint density at radius 1 is 1.31 bits per heavy atom. The van der Waals surface area contributed by atoms with Crippen LogP contribution < -0.4 is 4.74 Å². The Bertz CT molecular complexity index is 422. The highest BCUT2D eigenvalue weighted by molar-refractivity contribution is 5.96. The number of halogens is 3. The van der Waals surface area contributed by atoms with Crippen LogP contribution in [0.5, 0.6) is 5.75 Å². The Morgan fingerprint density at radius 2 is 1.88 bits per heavy atom. The van der Waals surface area contributed by atoms with Gasteiger partial charge in [0, 0.05) is 11.1 Å². The lowest BCUT2D eigenvalue weighted by Gasteiger charge is -2.16. The van der Waals surface area contributed by atoms with Crippen LogP contribution in [0.2, 0.25) is 0 Å². The number of carbonyl (C=O) groups excluding carboxylic acids is 1. The third kappa shape index (κ3) is 2.18. The molecule has 0 N–H and O–H groups in total. The Hall–Kier alpha value is -1.52. The highest BCUT2D eigenvalue weighted by Crippen LogP contribution is 2.38. The van der Waals surface area contributed by atoms with E-state index in [9.17, 15) is 18.0 Å². The topological polar surface area (TPSA) is 26.3 Å². The maximum absolute atomic E-state index is 12.8. The molecule has 0 heterocycles. The van der Waals surface area contributed by atoms with Crippen molar-refractivity contribution in [2.24, 2.45) is 0 Å². The lowest BCUT2D eigenvalue weighted by molar-refractivity contribution is -0.138. The van der Waals surface area contributed by atoms with Crippen molar-refractivity contribution in [2.75, 3.05) is 7.11 Å². The van der Waals surface area contributed by atoms with Gasteiger partial charge in [0.25, 0.3) is 0 Å². The molecule has 0 atom stereocenters. The predicted octanol–water partition coefficient (Wildman–Crippen LogP) is 3.23. The summed E-state index contributed by atoms with van der Waals surface area (Å²) in [6.45, 7) is 2.39. The number of Topliss-reactive ketones (excluding diaryl/α,β-unsaturated/α-hetero) is 1. The van der Waals surface area contributed by atoms with Crippen molar-refractivity contribution in [2.45, 2.75) is 20.0 Å². The largest absolute Gasteiger partial charge is 0.496 e. The van der Waals surface area contributed by atoms with Gasteiger partial charge < -0.3 is 4.74 Å². The first-order valence-electron chi connectivity index (χ1n) is 4.54. The minimum atomic E-state index is -4.56. The van der Waals surface area contributed by atoms with Gasteiger partial charge in [-0.3, -0.25) is 4.79 Å². The summed E-state index contributed by atoms with van der Waals surface area (Å²) in [7, 11) is 1.29. The highest BCUT2D eigenvalue weighted by atomic mass is 19.4. The molecule has 0 saturated carbocycles. The van der Waals surface area contributed by atoms with Crippen LogP contribution >= 0.6 is 0 Å². The molecule has 0 unspecified atom stereocenters. The molecule has 0 spiro atoms. The maximum Gasteiger partial charge on any atom is 0.417 e. The zero-order valence-electron chi connectivity index (χ0n) is 9.11. The summed E-state index contributed by atoms with van der Waals surface area (Å²) in [6, 6.07) is 2.50. The van der Waals surface area contributed by atoms with Gasteiger partial charge in [0.2, 0.25) is 0 Å². The van der Waals surface area contributed by atoms with Crippen molar-refractivity contribution in [3.05, 3.63) is 28.8 Å². The lowest BCUT2D eigenvalue weighted by atomic mass is 9.98. The molecule has 88 valence electrons. The van der Waals surface area contributed by atoms with Gasteiger partial charge in [0.1, 0.15) is 5.75 Å². The molecule has 0 fully saturated rings. The first kappa shape index (κ1) is 12.5. The summed E-state index contributed by atoms with van der Waals surface area (Å²) in [6.07, 6.45) is -4.56. The van der Waals surface area contributed by atoms with Gasteiger partial charge in [-0.15, -0.1) is 0 Å². The Balaban J connectivity index is 3.56. The van der Waals surface area contributed by atoms with Crippen molar-refractivity contribution in [3.63, 3.8) is 0 Å². The number of hydrogen-bond donors (Lipinski definition) is 0. The fourth-order valence-corrected chi connectivity index (χ4v) is 1.57. The summed E-state index contributed by atoms with van der Waals surface area (Å²) in [4.78, 5) is 11.1. The highest BCUT2D eigenvalue weighted by Gasteiger charge is 2.37. The van der Waals surface area contributed by atoms with E-state index in [4.69, 9.17) is 4.74 Å². The van der Waals surface area contributed by atoms with E-state index in [1.165, 1.54) is 20.1 Å². The zero-order valence-corrected chi connectivity index (χ0v) is 9.11. The van der Waals surface area contributed by atoms with E-state index < -0.39 is 17.5 Å². The fourth-order valence-electron chi connectivity index (χ4n) is 1.57. The Kier molecular flexibility index (Phi) is 3.26. The van der Waals surface area contributed by atoms with Crippen LogP contribution in [-0.4, -0.2) is 12.9 Å². The Labute approximate surface area is 91.0 Å². The number of benzene rings is 1. The normalized spacial score (nSPS) is 11.4. The lowest BCUT2D eigenvalue weighted by Crippen LogP contribution is -2.14. The van der Waals surface area contributed by atoms with Crippen LogP contribution in [0.15, 0.2) is 12.1 Å². The molecule has 1 rings (SSSR count). The molecule has 0 amide bonds. The number of alkyl halides is 3. The van der Waals surface area contributed by atoms with E-state index in [2.05, 4.69) is 0 Å². The van der Waals surface area contributed by atoms with Crippen molar-refractivity contribution in [1.29, 1.82) is 0 Å². The number of rotatable bonds is 2. The fraction of sp³-hybridized carbons (Fsp3) is 0.364. The molecule has 16 heavy (non-hydrogen) atoms. The van der Waals surface area contributed by atoms with E-state index in [-0.39, 0.29) is 16.9 Å². The number of ether oxygens (including phenoxy) is 1. The molecule has 0 aromatic heterocycles. The smallest absolute Gasteiger partial charge is 0.417 e. The molecule has 0 aliphatic heterocycles. The molecule has 1 aromatic rings. The molecule has 5 heteroatoms. The van der Waals surface area contributed by atoms with Crippen molar-refractivity contribution < 1.29 is 22.7 Å². The summed E-state index contributed by atoms with van der Waals surface area (Å²) in [5.74, 6) is -0.490. The Morgan fingerprint density at radius 3 is 2.25 bits per heavy atom. The van der Waals surface area contributed by atoms with Gasteiger partial charge in [0.15, 0.2) is 5.78 Å². The first-order chi connectivity index (χ1) is 7.29. The average molecular weight is 232 g/mol. The molecule has 2 nitrogen and oxygen atoms in total. The van der Waals surface area contributed by atoms with Crippen LogP contribution in [0.1, 0.15) is 28.4 Å². The third-order valence-corrected chi connectivity index (χ3v) is 2.30. The summed E-state index contributed by atoms with van der Waals surface area (Å²) >= 11 is 0. The van der Waals surface area contributed by atoms with Crippen LogP contribution in [-0.2, 0) is 6.18 Å². The second-order valence-electron chi connectivity index (χ2n) is 3.37. The molecular weight excluding hydrogens is 221 g/mol. The van der Waals surface area contributed by atoms with Gasteiger partial charge >= 0.3 is 6.18 Å². The van der Waals surface area contributed by atoms with Crippen molar-refractivity contribution in [3.8, 4) is 5.75 Å². The standard InChI is InChI=1S/C11H11F3O2/c1-6-9(16-3)5-4-8(7(2)15)10(6)11(12,13)14/h4-5H,1-3H3. The van der Waals surface area contributed by atoms with Gasteiger partial charge in [-0.05, 0) is 26.0 Å². The van der Waals surface area contributed by atoms with E-state index in [1.54, 1.807) is 0 Å². The molecule has 0 bridgehead atoms. The molecule has 0 radical (unpaired) electrons. The second-order valence-corrected chi connectivity index (χ2v) is 3.37. The molecular formula is C11H11F3O2. The van der Waals surface area contributed by atoms with Gasteiger partial charge in [-0.2, -0.15) is 13.2 Å². The van der Waals surface area contributed by atoms with E-state index in [0.717, 1.165) is 13.0 Å². The number of ketones is 1. The monoisotopic (exact) mass is 232 g/mol. The minimum absolute atomic E-state index is 0.0669. The van der Waals surface area contributed by atoms with E-state index in [0.29, 0.717) is 0 Å². The van der Waals surface area contributed by atoms with Crippen LogP contribution in [0.3, 0.4) is 0 Å². The molecule has 0 aliphatic rings. The third-order valence-electron chi connectivity index (χ3n) is 2.30. The van der Waals surface area contributed by atoms with Crippen LogP contribution in [0, 0.1) is 6.92 Å². The average Bonchev–Trinajstić information content (AvgIpc) is 2.14. The van der Waals surface area contributed by atoms with Crippen LogP contribution in [0.4, 0.5) is 13.2 Å². The van der Waals surface area contributed by atoms with Crippen molar-refractivity contribution >= 4 is 5.78 Å². The van der Waals surface area contributed by atoms with Gasteiger partial charge in [-0.25, -0.2) is 0 Å². The zero-order chi connectivity index (χ0) is 12.5.